The molecule has 1 aliphatic heterocycles. The normalized spacial score (nSPS) is 20.7. The van der Waals surface area contributed by atoms with Gasteiger partial charge in [-0.05, 0) is 35.2 Å². The maximum absolute atomic E-state index is 12.4. The average Bonchev–Trinajstić information content (AvgIpc) is 2.68. The van der Waals surface area contributed by atoms with Gasteiger partial charge in [-0.15, -0.1) is 11.8 Å². The topological polar surface area (TPSA) is 82.8 Å². The Kier molecular flexibility index (Phi) is 9.79. The zero-order valence-corrected chi connectivity index (χ0v) is 23.9. The Labute approximate surface area is 199 Å². The van der Waals surface area contributed by atoms with E-state index >= 15 is 0 Å². The van der Waals surface area contributed by atoms with Gasteiger partial charge in [-0.2, -0.15) is 4.98 Å². The van der Waals surface area contributed by atoms with Crippen molar-refractivity contribution >= 4 is 28.9 Å². The van der Waals surface area contributed by atoms with E-state index < -0.39 is 22.5 Å². The minimum Gasteiger partial charge on any atom is -0.414 e. The van der Waals surface area contributed by atoms with Gasteiger partial charge in [0.05, 0.1) is 25.1 Å². The van der Waals surface area contributed by atoms with E-state index in [0.717, 1.165) is 0 Å². The summed E-state index contributed by atoms with van der Waals surface area (Å²) in [6, 6.07) is 1.79. The molecule has 0 amide bonds. The summed E-state index contributed by atoms with van der Waals surface area (Å²) in [5, 5.41) is 9.61. The second-order valence-electron chi connectivity index (χ2n) is 9.94. The van der Waals surface area contributed by atoms with Gasteiger partial charge in [-0.3, -0.25) is 4.57 Å². The third-order valence-electron chi connectivity index (χ3n) is 6.31. The SMILES string of the molecule is Cc1ccn(C(CO)SC2CO[Si](C(C)C)(C(C)C)O[Si](C(C)C)(C(C)C)OC2)c(=O)n1. The zero-order chi connectivity index (χ0) is 24.3. The molecule has 184 valence electrons. The van der Waals surface area contributed by atoms with Gasteiger partial charge in [-0.25, -0.2) is 4.79 Å². The molecule has 1 aliphatic rings. The number of aliphatic hydroxyl groups is 1. The summed E-state index contributed by atoms with van der Waals surface area (Å²) in [6.45, 7) is 20.1. The van der Waals surface area contributed by atoms with Gasteiger partial charge in [0.1, 0.15) is 5.37 Å². The lowest BCUT2D eigenvalue weighted by molar-refractivity contribution is 0.121. The Bertz CT molecular complexity index is 757. The molecular weight excluding hydrogens is 460 g/mol. The van der Waals surface area contributed by atoms with Crippen LogP contribution in [0.2, 0.25) is 22.2 Å². The highest BCUT2D eigenvalue weighted by Crippen LogP contribution is 2.46. The summed E-state index contributed by atoms with van der Waals surface area (Å²) in [5.41, 5.74) is 1.41. The molecule has 10 heteroatoms. The van der Waals surface area contributed by atoms with Crippen molar-refractivity contribution in [3.05, 3.63) is 28.4 Å². The standard InChI is InChI=1S/C22H42N2O5SSi2/c1-15(2)31(16(3)4)27-13-20(14-28-32(29-31,17(5)6)18(7)8)30-21(12-25)24-11-10-19(9)23-22(24)26/h10-11,15-18,20-21,25H,12-14H2,1-9H3. The lowest BCUT2D eigenvalue weighted by Crippen LogP contribution is -2.63. The summed E-state index contributed by atoms with van der Waals surface area (Å²) in [6.07, 6.45) is 1.70. The van der Waals surface area contributed by atoms with Gasteiger partial charge in [0.2, 0.25) is 0 Å². The van der Waals surface area contributed by atoms with Crippen LogP contribution in [0, 0.1) is 6.92 Å². The van der Waals surface area contributed by atoms with Crippen LogP contribution in [0.25, 0.3) is 0 Å². The second-order valence-corrected chi connectivity index (χ2v) is 20.3. The van der Waals surface area contributed by atoms with E-state index in [9.17, 15) is 9.90 Å². The highest BCUT2D eigenvalue weighted by molar-refractivity contribution is 8.00. The smallest absolute Gasteiger partial charge is 0.348 e. The Hall–Kier alpha value is -0.496. The third kappa shape index (κ3) is 5.76. The van der Waals surface area contributed by atoms with Crippen LogP contribution in [-0.4, -0.2) is 56.9 Å². The Balaban J connectivity index is 2.41. The maximum Gasteiger partial charge on any atom is 0.348 e. The van der Waals surface area contributed by atoms with Crippen LogP contribution in [0.4, 0.5) is 0 Å². The minimum absolute atomic E-state index is 0.0296. The molecule has 1 aromatic heterocycles. The van der Waals surface area contributed by atoms with Crippen molar-refractivity contribution in [3.8, 4) is 0 Å². The van der Waals surface area contributed by atoms with Crippen molar-refractivity contribution in [1.82, 2.24) is 9.55 Å². The van der Waals surface area contributed by atoms with Gasteiger partial charge in [-0.1, -0.05) is 55.4 Å². The number of nitrogens with zero attached hydrogens (tertiary/aromatic N) is 2. The Morgan fingerprint density at radius 1 is 1.03 bits per heavy atom. The molecule has 2 heterocycles. The molecule has 0 bridgehead atoms. The van der Waals surface area contributed by atoms with E-state index in [1.165, 1.54) is 16.3 Å². The number of hydrogen-bond donors (Lipinski definition) is 1. The fourth-order valence-electron chi connectivity index (χ4n) is 4.49. The fraction of sp³-hybridized carbons (Fsp3) is 0.818. The Morgan fingerprint density at radius 3 is 1.88 bits per heavy atom. The van der Waals surface area contributed by atoms with Crippen molar-refractivity contribution in [1.29, 1.82) is 0 Å². The number of aliphatic hydroxyl groups excluding tert-OH is 1. The van der Waals surface area contributed by atoms with E-state index in [-0.39, 0.29) is 39.7 Å². The van der Waals surface area contributed by atoms with E-state index in [4.69, 9.17) is 13.0 Å². The van der Waals surface area contributed by atoms with Crippen molar-refractivity contribution in [2.45, 2.75) is 95.1 Å². The minimum atomic E-state index is -2.60. The molecule has 1 saturated heterocycles. The average molecular weight is 503 g/mol. The summed E-state index contributed by atoms with van der Waals surface area (Å²) >= 11 is 1.52. The van der Waals surface area contributed by atoms with Crippen LogP contribution in [0.3, 0.4) is 0 Å². The van der Waals surface area contributed by atoms with Crippen molar-refractivity contribution in [2.75, 3.05) is 19.8 Å². The largest absolute Gasteiger partial charge is 0.414 e. The van der Waals surface area contributed by atoms with Crippen molar-refractivity contribution in [2.24, 2.45) is 0 Å². The van der Waals surface area contributed by atoms with Gasteiger partial charge < -0.3 is 18.1 Å². The molecular formula is C22H42N2O5SSi2. The highest BCUT2D eigenvalue weighted by atomic mass is 32.2. The number of aryl methyl sites for hydroxylation is 1. The molecule has 2 rings (SSSR count). The molecule has 7 nitrogen and oxygen atoms in total. The van der Waals surface area contributed by atoms with Crippen LogP contribution in [0.5, 0.6) is 0 Å². The summed E-state index contributed by atoms with van der Waals surface area (Å²) < 4.78 is 22.1. The van der Waals surface area contributed by atoms with E-state index in [0.29, 0.717) is 18.9 Å². The molecule has 1 N–H and O–H groups in total. The first-order valence-corrected chi connectivity index (χ1v) is 16.6. The monoisotopic (exact) mass is 502 g/mol. The van der Waals surface area contributed by atoms with Gasteiger partial charge in [0.15, 0.2) is 0 Å². The van der Waals surface area contributed by atoms with Crippen molar-refractivity contribution in [3.63, 3.8) is 0 Å². The second kappa shape index (κ2) is 11.3. The molecule has 32 heavy (non-hydrogen) atoms. The first-order valence-electron chi connectivity index (χ1n) is 11.7. The van der Waals surface area contributed by atoms with Gasteiger partial charge in [0, 0.05) is 11.9 Å². The van der Waals surface area contributed by atoms with E-state index in [1.807, 2.05) is 0 Å². The first kappa shape index (κ1) is 27.7. The van der Waals surface area contributed by atoms with Crippen LogP contribution < -0.4 is 5.69 Å². The Morgan fingerprint density at radius 2 is 1.50 bits per heavy atom. The zero-order valence-electron chi connectivity index (χ0n) is 21.1. The van der Waals surface area contributed by atoms with Crippen LogP contribution in [0.15, 0.2) is 17.1 Å². The van der Waals surface area contributed by atoms with Crippen molar-refractivity contribution < 1.29 is 18.1 Å². The molecule has 1 aromatic rings. The fourth-order valence-corrected chi connectivity index (χ4v) is 17.0. The molecule has 1 unspecified atom stereocenters. The van der Waals surface area contributed by atoms with Crippen LogP contribution in [0.1, 0.15) is 66.5 Å². The number of rotatable bonds is 8. The highest BCUT2D eigenvalue weighted by Gasteiger charge is 2.57. The lowest BCUT2D eigenvalue weighted by atomic mass is 10.4. The molecule has 0 spiro atoms. The maximum atomic E-state index is 12.4. The molecule has 0 aliphatic carbocycles. The third-order valence-corrected chi connectivity index (χ3v) is 17.9. The summed E-state index contributed by atoms with van der Waals surface area (Å²) in [4.78, 5) is 16.4. The number of thioether (sulfide) groups is 1. The molecule has 1 atom stereocenters. The summed E-state index contributed by atoms with van der Waals surface area (Å²) in [7, 11) is -5.20. The molecule has 0 radical (unpaired) electrons. The predicted octanol–water partition coefficient (Wildman–Crippen LogP) is 4.73. The van der Waals surface area contributed by atoms with E-state index in [2.05, 4.69) is 60.4 Å². The van der Waals surface area contributed by atoms with Gasteiger partial charge in [0.25, 0.3) is 0 Å². The first-order chi connectivity index (χ1) is 14.9. The summed E-state index contributed by atoms with van der Waals surface area (Å²) in [5.74, 6) is 0. The predicted molar refractivity (Wildman–Crippen MR) is 136 cm³/mol. The van der Waals surface area contributed by atoms with E-state index in [1.54, 1.807) is 19.2 Å². The molecule has 0 saturated carbocycles. The number of aromatic nitrogens is 2. The quantitative estimate of drug-likeness (QED) is 0.514. The number of hydrogen-bond acceptors (Lipinski definition) is 7. The lowest BCUT2D eigenvalue weighted by Gasteiger charge is -2.50. The van der Waals surface area contributed by atoms with Gasteiger partial charge >= 0.3 is 22.8 Å². The van der Waals surface area contributed by atoms with Crippen LogP contribution >= 0.6 is 11.8 Å². The molecule has 0 aromatic carbocycles. The van der Waals surface area contributed by atoms with Crippen LogP contribution in [-0.2, 0) is 13.0 Å². The molecule has 1 fully saturated rings.